The number of rotatable bonds is 6. The SMILES string of the molecule is CS[C@H](CO)[C@@H](C)NC(=O)c1occc1-c1ccc(F)cc1. The van der Waals surface area contributed by atoms with Crippen LogP contribution in [0.2, 0.25) is 0 Å². The predicted octanol–water partition coefficient (Wildman–Crippen LogP) is 2.93. The van der Waals surface area contributed by atoms with Gasteiger partial charge in [-0.3, -0.25) is 4.79 Å². The zero-order valence-corrected chi connectivity index (χ0v) is 13.2. The summed E-state index contributed by atoms with van der Waals surface area (Å²) in [5.41, 5.74) is 1.31. The molecule has 1 amide bonds. The number of aliphatic hydroxyl groups excluding tert-OH is 1. The minimum absolute atomic E-state index is 0.0222. The molecule has 0 aliphatic heterocycles. The molecule has 2 rings (SSSR count). The largest absolute Gasteiger partial charge is 0.459 e. The normalized spacial score (nSPS) is 13.6. The van der Waals surface area contributed by atoms with E-state index in [2.05, 4.69) is 5.32 Å². The summed E-state index contributed by atoms with van der Waals surface area (Å²) in [5, 5.41) is 12.0. The van der Waals surface area contributed by atoms with Crippen molar-refractivity contribution in [2.75, 3.05) is 12.9 Å². The predicted molar refractivity (Wildman–Crippen MR) is 85.4 cm³/mol. The average molecular weight is 323 g/mol. The van der Waals surface area contributed by atoms with Gasteiger partial charge in [-0.2, -0.15) is 11.8 Å². The van der Waals surface area contributed by atoms with Gasteiger partial charge >= 0.3 is 0 Å². The van der Waals surface area contributed by atoms with Gasteiger partial charge in [-0.25, -0.2) is 4.39 Å². The van der Waals surface area contributed by atoms with E-state index in [1.165, 1.54) is 30.2 Å². The summed E-state index contributed by atoms with van der Waals surface area (Å²) in [6.07, 6.45) is 3.30. The Kier molecular flexibility index (Phi) is 5.63. The van der Waals surface area contributed by atoms with Gasteiger partial charge in [0.05, 0.1) is 12.9 Å². The minimum Gasteiger partial charge on any atom is -0.459 e. The van der Waals surface area contributed by atoms with E-state index in [-0.39, 0.29) is 35.4 Å². The molecule has 0 aliphatic carbocycles. The highest BCUT2D eigenvalue weighted by Crippen LogP contribution is 2.25. The quantitative estimate of drug-likeness (QED) is 0.858. The molecule has 6 heteroatoms. The van der Waals surface area contributed by atoms with Crippen molar-refractivity contribution in [3.05, 3.63) is 48.2 Å². The van der Waals surface area contributed by atoms with Crippen molar-refractivity contribution >= 4 is 17.7 Å². The average Bonchev–Trinajstić information content (AvgIpc) is 2.98. The van der Waals surface area contributed by atoms with Gasteiger partial charge in [0.1, 0.15) is 5.82 Å². The lowest BCUT2D eigenvalue weighted by Gasteiger charge is -2.20. The summed E-state index contributed by atoms with van der Waals surface area (Å²) in [6.45, 7) is 1.81. The third-order valence-corrected chi connectivity index (χ3v) is 4.59. The number of carbonyl (C=O) groups is 1. The summed E-state index contributed by atoms with van der Waals surface area (Å²) in [7, 11) is 0. The van der Waals surface area contributed by atoms with Gasteiger partial charge in [0, 0.05) is 16.9 Å². The molecule has 1 heterocycles. The molecule has 0 aliphatic rings. The van der Waals surface area contributed by atoms with Gasteiger partial charge in [0.25, 0.3) is 5.91 Å². The molecule has 0 spiro atoms. The number of nitrogens with one attached hydrogen (secondary N) is 1. The Morgan fingerprint density at radius 1 is 1.36 bits per heavy atom. The van der Waals surface area contributed by atoms with Crippen molar-refractivity contribution in [2.45, 2.75) is 18.2 Å². The Morgan fingerprint density at radius 3 is 2.64 bits per heavy atom. The highest BCUT2D eigenvalue weighted by atomic mass is 32.2. The van der Waals surface area contributed by atoms with Crippen molar-refractivity contribution < 1.29 is 18.7 Å². The molecular formula is C16H18FNO3S. The van der Waals surface area contributed by atoms with E-state index in [4.69, 9.17) is 4.42 Å². The highest BCUT2D eigenvalue weighted by molar-refractivity contribution is 7.99. The molecule has 0 radical (unpaired) electrons. The smallest absolute Gasteiger partial charge is 0.287 e. The number of amides is 1. The molecule has 0 saturated heterocycles. The van der Waals surface area contributed by atoms with E-state index < -0.39 is 0 Å². The summed E-state index contributed by atoms with van der Waals surface area (Å²) in [5.74, 6) is -0.516. The van der Waals surface area contributed by atoms with Gasteiger partial charge in [-0.15, -0.1) is 0 Å². The van der Waals surface area contributed by atoms with Gasteiger partial charge in [0.15, 0.2) is 5.76 Å². The molecule has 0 bridgehead atoms. The second-order valence-electron chi connectivity index (χ2n) is 4.89. The lowest BCUT2D eigenvalue weighted by molar-refractivity contribution is 0.0909. The van der Waals surface area contributed by atoms with Crippen molar-refractivity contribution in [1.29, 1.82) is 0 Å². The summed E-state index contributed by atoms with van der Waals surface area (Å²) < 4.78 is 18.3. The first-order chi connectivity index (χ1) is 10.6. The topological polar surface area (TPSA) is 62.5 Å². The number of benzene rings is 1. The van der Waals surface area contributed by atoms with Crippen molar-refractivity contribution in [2.24, 2.45) is 0 Å². The Hall–Kier alpha value is -1.79. The lowest BCUT2D eigenvalue weighted by Crippen LogP contribution is -2.41. The van der Waals surface area contributed by atoms with Crippen LogP contribution in [-0.2, 0) is 0 Å². The number of thioether (sulfide) groups is 1. The standard InChI is InChI=1S/C16H18FNO3S/c1-10(14(9-19)22-2)18-16(20)15-13(7-8-21-15)11-3-5-12(17)6-4-11/h3-8,10,14,19H,9H2,1-2H3,(H,18,20)/t10-,14-/m1/s1. The first kappa shape index (κ1) is 16.6. The van der Waals surface area contributed by atoms with Crippen LogP contribution in [0.15, 0.2) is 41.0 Å². The van der Waals surface area contributed by atoms with E-state index in [0.29, 0.717) is 11.1 Å². The van der Waals surface area contributed by atoms with Crippen LogP contribution < -0.4 is 5.32 Å². The second-order valence-corrected chi connectivity index (χ2v) is 5.97. The van der Waals surface area contributed by atoms with Crippen LogP contribution in [-0.4, -0.2) is 35.2 Å². The first-order valence-electron chi connectivity index (χ1n) is 6.84. The van der Waals surface area contributed by atoms with E-state index >= 15 is 0 Å². The van der Waals surface area contributed by atoms with Crippen molar-refractivity contribution in [3.63, 3.8) is 0 Å². The van der Waals surface area contributed by atoms with Crippen LogP contribution in [0.4, 0.5) is 4.39 Å². The zero-order chi connectivity index (χ0) is 16.1. The molecule has 118 valence electrons. The lowest BCUT2D eigenvalue weighted by atomic mass is 10.1. The maximum atomic E-state index is 13.0. The molecule has 0 saturated carbocycles. The Balaban J connectivity index is 2.18. The molecule has 0 fully saturated rings. The molecule has 4 nitrogen and oxygen atoms in total. The van der Waals surface area contributed by atoms with Gasteiger partial charge < -0.3 is 14.8 Å². The van der Waals surface area contributed by atoms with E-state index in [1.807, 2.05) is 13.2 Å². The Labute approximate surface area is 132 Å². The third kappa shape index (κ3) is 3.69. The molecule has 2 N–H and O–H groups in total. The van der Waals surface area contributed by atoms with Gasteiger partial charge in [-0.1, -0.05) is 12.1 Å². The molecule has 0 unspecified atom stereocenters. The number of halogens is 1. The van der Waals surface area contributed by atoms with Crippen LogP contribution in [0.3, 0.4) is 0 Å². The van der Waals surface area contributed by atoms with Gasteiger partial charge in [0.2, 0.25) is 0 Å². The third-order valence-electron chi connectivity index (χ3n) is 3.43. The van der Waals surface area contributed by atoms with Gasteiger partial charge in [-0.05, 0) is 36.9 Å². The number of furan rings is 1. The molecule has 1 aromatic carbocycles. The van der Waals surface area contributed by atoms with E-state index in [9.17, 15) is 14.3 Å². The molecule has 1 aromatic heterocycles. The zero-order valence-electron chi connectivity index (χ0n) is 12.4. The number of hydrogen-bond donors (Lipinski definition) is 2. The van der Waals surface area contributed by atoms with Crippen molar-refractivity contribution in [3.8, 4) is 11.1 Å². The van der Waals surface area contributed by atoms with Crippen LogP contribution >= 0.6 is 11.8 Å². The van der Waals surface area contributed by atoms with E-state index in [0.717, 1.165) is 0 Å². The van der Waals surface area contributed by atoms with Crippen LogP contribution in [0.25, 0.3) is 11.1 Å². The fourth-order valence-electron chi connectivity index (χ4n) is 2.14. The molecule has 2 atom stereocenters. The fourth-order valence-corrected chi connectivity index (χ4v) is 2.77. The maximum Gasteiger partial charge on any atom is 0.287 e. The second kappa shape index (κ2) is 7.47. The number of carbonyl (C=O) groups excluding carboxylic acids is 1. The van der Waals surface area contributed by atoms with Crippen molar-refractivity contribution in [1.82, 2.24) is 5.32 Å². The number of hydrogen-bond acceptors (Lipinski definition) is 4. The summed E-state index contributed by atoms with van der Waals surface area (Å²) in [6, 6.07) is 7.33. The molecule has 2 aromatic rings. The van der Waals surface area contributed by atoms with E-state index in [1.54, 1.807) is 18.2 Å². The minimum atomic E-state index is -0.357. The monoisotopic (exact) mass is 323 g/mol. The maximum absolute atomic E-state index is 13.0. The molecule has 22 heavy (non-hydrogen) atoms. The Bertz CT molecular complexity index is 623. The van der Waals surface area contributed by atoms with Crippen LogP contribution in [0.1, 0.15) is 17.5 Å². The van der Waals surface area contributed by atoms with Crippen LogP contribution in [0.5, 0.6) is 0 Å². The van der Waals surface area contributed by atoms with Crippen LogP contribution in [0, 0.1) is 5.82 Å². The molecular weight excluding hydrogens is 305 g/mol. The Morgan fingerprint density at radius 2 is 2.05 bits per heavy atom. The fraction of sp³-hybridized carbons (Fsp3) is 0.312. The number of aliphatic hydroxyl groups is 1. The highest BCUT2D eigenvalue weighted by Gasteiger charge is 2.22. The summed E-state index contributed by atoms with van der Waals surface area (Å²) in [4.78, 5) is 12.3. The first-order valence-corrected chi connectivity index (χ1v) is 8.13. The summed E-state index contributed by atoms with van der Waals surface area (Å²) >= 11 is 1.48.